The molecule has 208 valence electrons. The lowest BCUT2D eigenvalue weighted by Crippen LogP contribution is -2.27. The Hall–Kier alpha value is -2.36. The quantitative estimate of drug-likeness (QED) is 0.203. The van der Waals surface area contributed by atoms with E-state index in [2.05, 4.69) is 19.1 Å². The van der Waals surface area contributed by atoms with Gasteiger partial charge in [0.1, 0.15) is 5.75 Å². The summed E-state index contributed by atoms with van der Waals surface area (Å²) in [6.07, 6.45) is 19.7. The predicted molar refractivity (Wildman–Crippen MR) is 153 cm³/mol. The van der Waals surface area contributed by atoms with Gasteiger partial charge in [-0.1, -0.05) is 50.5 Å². The molecular weight excluding hydrogens is 478 g/mol. The van der Waals surface area contributed by atoms with Gasteiger partial charge in [-0.05, 0) is 118 Å². The number of allylic oxidation sites excluding steroid dienone is 2. The first-order chi connectivity index (χ1) is 18.6. The summed E-state index contributed by atoms with van der Waals surface area (Å²) >= 11 is 0. The Labute approximate surface area is 228 Å². The van der Waals surface area contributed by atoms with E-state index < -0.39 is 11.6 Å². The van der Waals surface area contributed by atoms with Crippen LogP contribution in [0.4, 0.5) is 8.78 Å². The number of benzene rings is 2. The molecule has 0 radical (unpaired) electrons. The highest BCUT2D eigenvalue weighted by Crippen LogP contribution is 2.42. The Morgan fingerprint density at radius 3 is 2.08 bits per heavy atom. The number of halogens is 2. The Bertz CT molecular complexity index is 1000. The van der Waals surface area contributed by atoms with Crippen molar-refractivity contribution < 1.29 is 18.3 Å². The molecule has 4 rings (SSSR count). The molecule has 0 saturated heterocycles. The van der Waals surface area contributed by atoms with Gasteiger partial charge in [-0.15, -0.1) is 0 Å². The van der Waals surface area contributed by atoms with Gasteiger partial charge in [0.05, 0.1) is 13.2 Å². The summed E-state index contributed by atoms with van der Waals surface area (Å²) in [4.78, 5) is 0. The van der Waals surface area contributed by atoms with Crippen molar-refractivity contribution in [2.24, 2.45) is 23.7 Å². The van der Waals surface area contributed by atoms with Crippen LogP contribution in [0.25, 0.3) is 11.1 Å². The molecule has 0 spiro atoms. The predicted octanol–water partition coefficient (Wildman–Crippen LogP) is 10.2. The van der Waals surface area contributed by atoms with Crippen molar-refractivity contribution in [3.63, 3.8) is 0 Å². The number of hydrogen-bond acceptors (Lipinski definition) is 2. The first-order valence-electron chi connectivity index (χ1n) is 15.0. The Morgan fingerprint density at radius 2 is 1.45 bits per heavy atom. The molecule has 2 aromatic carbocycles. The van der Waals surface area contributed by atoms with E-state index in [1.54, 1.807) is 18.2 Å². The SMILES string of the molecule is C/C=C/CCC1CCC(C2CCC(COc3ccc(-c4ccc(OCCCC)c(F)c4F)cc3)CC2)CC1. The summed E-state index contributed by atoms with van der Waals surface area (Å²) in [5, 5.41) is 0. The van der Waals surface area contributed by atoms with Crippen LogP contribution in [0.5, 0.6) is 11.5 Å². The van der Waals surface area contributed by atoms with Crippen LogP contribution in [0.3, 0.4) is 0 Å². The molecule has 4 heteroatoms. The van der Waals surface area contributed by atoms with Crippen molar-refractivity contribution in [3.8, 4) is 22.6 Å². The molecule has 0 aromatic heterocycles. The number of unbranched alkanes of at least 4 members (excludes halogenated alkanes) is 1. The van der Waals surface area contributed by atoms with Crippen molar-refractivity contribution in [1.29, 1.82) is 0 Å². The van der Waals surface area contributed by atoms with Crippen LogP contribution >= 0.6 is 0 Å². The second-order valence-electron chi connectivity index (χ2n) is 11.5. The molecule has 2 aliphatic carbocycles. The first-order valence-corrected chi connectivity index (χ1v) is 15.0. The molecule has 0 amide bonds. The van der Waals surface area contributed by atoms with Crippen LogP contribution in [0.1, 0.15) is 90.9 Å². The van der Waals surface area contributed by atoms with Gasteiger partial charge in [0, 0.05) is 5.56 Å². The number of rotatable bonds is 12. The average molecular weight is 525 g/mol. The van der Waals surface area contributed by atoms with E-state index in [-0.39, 0.29) is 11.3 Å². The Balaban J connectivity index is 1.20. The molecule has 2 nitrogen and oxygen atoms in total. The van der Waals surface area contributed by atoms with E-state index in [1.807, 2.05) is 19.1 Å². The monoisotopic (exact) mass is 524 g/mol. The molecule has 0 aliphatic heterocycles. The zero-order chi connectivity index (χ0) is 26.7. The fourth-order valence-corrected chi connectivity index (χ4v) is 6.41. The van der Waals surface area contributed by atoms with Gasteiger partial charge in [0.25, 0.3) is 0 Å². The van der Waals surface area contributed by atoms with Crippen molar-refractivity contribution in [2.75, 3.05) is 13.2 Å². The highest BCUT2D eigenvalue weighted by molar-refractivity contribution is 5.66. The van der Waals surface area contributed by atoms with Crippen LogP contribution in [0, 0.1) is 35.3 Å². The lowest BCUT2D eigenvalue weighted by molar-refractivity contribution is 0.122. The van der Waals surface area contributed by atoms with Crippen molar-refractivity contribution in [2.45, 2.75) is 90.9 Å². The van der Waals surface area contributed by atoms with Crippen molar-refractivity contribution in [3.05, 3.63) is 60.2 Å². The van der Waals surface area contributed by atoms with E-state index in [1.165, 1.54) is 70.3 Å². The third kappa shape index (κ3) is 7.83. The minimum Gasteiger partial charge on any atom is -0.493 e. The summed E-state index contributed by atoms with van der Waals surface area (Å²) in [7, 11) is 0. The minimum absolute atomic E-state index is 0.0258. The van der Waals surface area contributed by atoms with Crippen LogP contribution < -0.4 is 9.47 Å². The standard InChI is InChI=1S/C34H46F2O2/c1-3-5-7-8-25-9-13-27(14-10-25)28-15-11-26(12-16-28)24-38-30-19-17-29(18-20-30)31-21-22-32(34(36)33(31)35)37-23-6-4-2/h3,5,17-22,25-28H,4,6-16,23-24H2,1-2H3/b5-3+. The minimum atomic E-state index is -0.924. The second kappa shape index (κ2) is 14.7. The molecule has 2 fully saturated rings. The van der Waals surface area contributed by atoms with Gasteiger partial charge in [-0.2, -0.15) is 4.39 Å². The smallest absolute Gasteiger partial charge is 0.201 e. The Kier molecular flexibility index (Phi) is 11.1. The van der Waals surface area contributed by atoms with Crippen molar-refractivity contribution >= 4 is 0 Å². The normalized spacial score (nSPS) is 24.0. The van der Waals surface area contributed by atoms with Crippen LogP contribution in [0.2, 0.25) is 0 Å². The largest absolute Gasteiger partial charge is 0.493 e. The maximum absolute atomic E-state index is 14.7. The van der Waals surface area contributed by atoms with E-state index in [0.29, 0.717) is 18.1 Å². The molecule has 0 unspecified atom stereocenters. The third-order valence-electron chi connectivity index (χ3n) is 8.88. The average Bonchev–Trinajstić information content (AvgIpc) is 2.96. The molecule has 0 heterocycles. The Morgan fingerprint density at radius 1 is 0.789 bits per heavy atom. The van der Waals surface area contributed by atoms with Gasteiger partial charge in [-0.3, -0.25) is 0 Å². The number of ether oxygens (including phenoxy) is 2. The zero-order valence-electron chi connectivity index (χ0n) is 23.4. The molecule has 38 heavy (non-hydrogen) atoms. The lowest BCUT2D eigenvalue weighted by atomic mass is 9.69. The fourth-order valence-electron chi connectivity index (χ4n) is 6.41. The summed E-state index contributed by atoms with van der Waals surface area (Å²) in [6, 6.07) is 10.4. The van der Waals surface area contributed by atoms with Gasteiger partial charge in [0.2, 0.25) is 5.82 Å². The van der Waals surface area contributed by atoms with Gasteiger partial charge in [0.15, 0.2) is 11.6 Å². The highest BCUT2D eigenvalue weighted by Gasteiger charge is 2.31. The molecule has 0 bridgehead atoms. The lowest BCUT2D eigenvalue weighted by Gasteiger charge is -2.37. The topological polar surface area (TPSA) is 18.5 Å². The van der Waals surface area contributed by atoms with Crippen molar-refractivity contribution in [1.82, 2.24) is 0 Å². The van der Waals surface area contributed by atoms with Crippen LogP contribution in [0.15, 0.2) is 48.6 Å². The van der Waals surface area contributed by atoms with E-state index in [4.69, 9.17) is 9.47 Å². The van der Waals surface area contributed by atoms with E-state index in [9.17, 15) is 8.78 Å². The fraction of sp³-hybridized carbons (Fsp3) is 0.588. The maximum atomic E-state index is 14.7. The highest BCUT2D eigenvalue weighted by atomic mass is 19.2. The zero-order valence-corrected chi connectivity index (χ0v) is 23.4. The van der Waals surface area contributed by atoms with Gasteiger partial charge >= 0.3 is 0 Å². The molecule has 0 atom stereocenters. The summed E-state index contributed by atoms with van der Waals surface area (Å²) < 4.78 is 40.7. The van der Waals surface area contributed by atoms with Gasteiger partial charge in [-0.25, -0.2) is 4.39 Å². The maximum Gasteiger partial charge on any atom is 0.201 e. The molecule has 2 aromatic rings. The number of hydrogen-bond donors (Lipinski definition) is 0. The second-order valence-corrected chi connectivity index (χ2v) is 11.5. The van der Waals surface area contributed by atoms with Crippen LogP contribution in [-0.2, 0) is 0 Å². The first kappa shape index (κ1) is 28.6. The summed E-state index contributed by atoms with van der Waals surface area (Å²) in [5.41, 5.74) is 0.868. The van der Waals surface area contributed by atoms with Crippen LogP contribution in [-0.4, -0.2) is 13.2 Å². The molecular formula is C34H46F2O2. The van der Waals surface area contributed by atoms with Gasteiger partial charge < -0.3 is 9.47 Å². The third-order valence-corrected chi connectivity index (χ3v) is 8.88. The van der Waals surface area contributed by atoms with E-state index in [0.717, 1.165) is 43.0 Å². The molecule has 0 N–H and O–H groups in total. The molecule has 2 saturated carbocycles. The van der Waals surface area contributed by atoms with E-state index >= 15 is 0 Å². The summed E-state index contributed by atoms with van der Waals surface area (Å²) in [6.45, 7) is 5.27. The molecule has 2 aliphatic rings. The summed E-state index contributed by atoms with van der Waals surface area (Å²) in [5.74, 6) is 2.35.